The van der Waals surface area contributed by atoms with Gasteiger partial charge in [0.2, 0.25) is 5.95 Å². The molecule has 0 atom stereocenters. The Morgan fingerprint density at radius 2 is 1.72 bits per heavy atom. The fraction of sp³-hybridized carbons (Fsp3) is 0.688. The molecule has 2 amide bonds. The van der Waals surface area contributed by atoms with Gasteiger partial charge in [0, 0.05) is 77.6 Å². The fourth-order valence-electron chi connectivity index (χ4n) is 3.10. The Hall–Kier alpha value is -2.03. The number of amides is 2. The maximum absolute atomic E-state index is 13.1. The van der Waals surface area contributed by atoms with E-state index in [-0.39, 0.29) is 32.0 Å². The molecule has 3 rings (SSSR count). The number of hydrogen-bond acceptors (Lipinski definition) is 5. The topological polar surface area (TPSA) is 64.6 Å². The number of nitrogens with zero attached hydrogens (tertiary/aromatic N) is 5. The summed E-state index contributed by atoms with van der Waals surface area (Å²) in [5.41, 5.74) is 0. The zero-order chi connectivity index (χ0) is 17.7. The van der Waals surface area contributed by atoms with Crippen LogP contribution in [0.15, 0.2) is 18.5 Å². The van der Waals surface area contributed by atoms with Crippen LogP contribution < -0.4 is 10.2 Å². The molecule has 0 bridgehead atoms. The molecule has 2 aliphatic heterocycles. The molecule has 1 aromatic rings. The maximum Gasteiger partial charge on any atom is 0.317 e. The van der Waals surface area contributed by atoms with Crippen LogP contribution >= 0.6 is 0 Å². The molecule has 9 heteroatoms. The van der Waals surface area contributed by atoms with Gasteiger partial charge in [0.25, 0.3) is 5.92 Å². The molecule has 7 nitrogen and oxygen atoms in total. The molecule has 3 heterocycles. The Kier molecular flexibility index (Phi) is 5.62. The zero-order valence-corrected chi connectivity index (χ0v) is 14.2. The van der Waals surface area contributed by atoms with E-state index in [2.05, 4.69) is 25.1 Å². The smallest absolute Gasteiger partial charge is 0.317 e. The Balaban J connectivity index is 1.33. The summed E-state index contributed by atoms with van der Waals surface area (Å²) in [6, 6.07) is 1.55. The van der Waals surface area contributed by atoms with Crippen LogP contribution in [0.5, 0.6) is 0 Å². The van der Waals surface area contributed by atoms with Crippen molar-refractivity contribution in [3.8, 4) is 0 Å². The Morgan fingerprint density at radius 3 is 2.36 bits per heavy atom. The van der Waals surface area contributed by atoms with E-state index in [0.717, 1.165) is 38.7 Å². The number of rotatable bonds is 4. The third-order valence-electron chi connectivity index (χ3n) is 4.69. The number of nitrogens with one attached hydrogen (secondary N) is 1. The van der Waals surface area contributed by atoms with Gasteiger partial charge in [0.05, 0.1) is 0 Å². The lowest BCUT2D eigenvalue weighted by Gasteiger charge is -2.35. The largest absolute Gasteiger partial charge is 0.338 e. The molecule has 1 aromatic heterocycles. The molecule has 0 saturated carbocycles. The molecule has 2 aliphatic rings. The van der Waals surface area contributed by atoms with Crippen molar-refractivity contribution in [2.75, 3.05) is 57.3 Å². The van der Waals surface area contributed by atoms with Gasteiger partial charge in [-0.25, -0.2) is 23.5 Å². The van der Waals surface area contributed by atoms with E-state index in [4.69, 9.17) is 0 Å². The lowest BCUT2D eigenvalue weighted by molar-refractivity contribution is -0.0469. The lowest BCUT2D eigenvalue weighted by Crippen LogP contribution is -2.51. The summed E-state index contributed by atoms with van der Waals surface area (Å²) in [5.74, 6) is -1.88. The number of piperazine rings is 1. The highest BCUT2D eigenvalue weighted by molar-refractivity contribution is 5.74. The van der Waals surface area contributed by atoms with E-state index < -0.39 is 5.92 Å². The van der Waals surface area contributed by atoms with Crippen LogP contribution in [-0.4, -0.2) is 84.1 Å². The summed E-state index contributed by atoms with van der Waals surface area (Å²) < 4.78 is 26.2. The summed E-state index contributed by atoms with van der Waals surface area (Å²) in [7, 11) is 0. The van der Waals surface area contributed by atoms with Crippen molar-refractivity contribution in [1.82, 2.24) is 25.1 Å². The van der Waals surface area contributed by atoms with Gasteiger partial charge in [-0.15, -0.1) is 0 Å². The van der Waals surface area contributed by atoms with Crippen molar-refractivity contribution in [3.05, 3.63) is 18.5 Å². The molecule has 2 saturated heterocycles. The first-order valence-electron chi connectivity index (χ1n) is 8.68. The quantitative estimate of drug-likeness (QED) is 0.875. The minimum absolute atomic E-state index is 0.120. The van der Waals surface area contributed by atoms with Crippen molar-refractivity contribution in [2.24, 2.45) is 0 Å². The van der Waals surface area contributed by atoms with Gasteiger partial charge in [0.15, 0.2) is 0 Å². The Labute approximate surface area is 146 Å². The van der Waals surface area contributed by atoms with Gasteiger partial charge < -0.3 is 15.1 Å². The van der Waals surface area contributed by atoms with Gasteiger partial charge in [-0.3, -0.25) is 4.90 Å². The number of urea groups is 1. The number of aromatic nitrogens is 2. The second kappa shape index (κ2) is 7.90. The number of alkyl halides is 2. The van der Waals surface area contributed by atoms with Crippen LogP contribution in [0.3, 0.4) is 0 Å². The SMILES string of the molecule is O=C(NCCN1CCN(c2ncccn2)CC1)N1CCC(F)(F)CC1. The zero-order valence-electron chi connectivity index (χ0n) is 14.2. The summed E-state index contributed by atoms with van der Waals surface area (Å²) in [5, 5.41) is 2.83. The number of carbonyl (C=O) groups excluding carboxylic acids is 1. The van der Waals surface area contributed by atoms with E-state index in [1.165, 1.54) is 4.90 Å². The fourth-order valence-corrected chi connectivity index (χ4v) is 3.10. The highest BCUT2D eigenvalue weighted by Gasteiger charge is 2.35. The molecule has 0 radical (unpaired) electrons. The van der Waals surface area contributed by atoms with Crippen molar-refractivity contribution >= 4 is 12.0 Å². The van der Waals surface area contributed by atoms with Gasteiger partial charge >= 0.3 is 6.03 Å². The average molecular weight is 354 g/mol. The van der Waals surface area contributed by atoms with Gasteiger partial charge in [-0.2, -0.15) is 0 Å². The third-order valence-corrected chi connectivity index (χ3v) is 4.69. The minimum Gasteiger partial charge on any atom is -0.338 e. The highest BCUT2D eigenvalue weighted by atomic mass is 19.3. The molecular formula is C16H24F2N6O. The summed E-state index contributed by atoms with van der Waals surface area (Å²) >= 11 is 0. The van der Waals surface area contributed by atoms with Crippen LogP contribution in [0.2, 0.25) is 0 Å². The lowest BCUT2D eigenvalue weighted by atomic mass is 10.1. The first-order chi connectivity index (χ1) is 12.0. The molecule has 0 spiro atoms. The maximum atomic E-state index is 13.1. The van der Waals surface area contributed by atoms with E-state index in [1.807, 2.05) is 0 Å². The second-order valence-electron chi connectivity index (χ2n) is 6.45. The van der Waals surface area contributed by atoms with Crippen LogP contribution in [0.4, 0.5) is 19.5 Å². The van der Waals surface area contributed by atoms with Crippen LogP contribution in [0.1, 0.15) is 12.8 Å². The average Bonchev–Trinajstić information content (AvgIpc) is 2.63. The van der Waals surface area contributed by atoms with Gasteiger partial charge in [-0.05, 0) is 6.07 Å². The first-order valence-corrected chi connectivity index (χ1v) is 8.68. The standard InChI is InChI=1S/C16H24F2N6O/c17-16(18)2-7-24(8-3-16)15(25)21-6-9-22-10-12-23(13-11-22)14-19-4-1-5-20-14/h1,4-5H,2-3,6-13H2,(H,21,25). The normalized spacial score (nSPS) is 21.2. The van der Waals surface area contributed by atoms with Crippen molar-refractivity contribution in [1.29, 1.82) is 0 Å². The number of carbonyl (C=O) groups is 1. The van der Waals surface area contributed by atoms with E-state index in [9.17, 15) is 13.6 Å². The van der Waals surface area contributed by atoms with Crippen LogP contribution in [0, 0.1) is 0 Å². The summed E-state index contributed by atoms with van der Waals surface area (Å²) in [6.45, 7) is 4.96. The highest BCUT2D eigenvalue weighted by Crippen LogP contribution is 2.27. The molecule has 1 N–H and O–H groups in total. The molecule has 2 fully saturated rings. The third kappa shape index (κ3) is 4.97. The Morgan fingerprint density at radius 1 is 1.08 bits per heavy atom. The number of anilines is 1. The number of halogens is 2. The van der Waals surface area contributed by atoms with Crippen molar-refractivity contribution in [3.63, 3.8) is 0 Å². The van der Waals surface area contributed by atoms with Gasteiger partial charge in [0.1, 0.15) is 0 Å². The summed E-state index contributed by atoms with van der Waals surface area (Å²) in [4.78, 5) is 26.4. The molecule has 0 unspecified atom stereocenters. The minimum atomic E-state index is -2.63. The molecule has 25 heavy (non-hydrogen) atoms. The van der Waals surface area contributed by atoms with E-state index in [1.54, 1.807) is 18.5 Å². The van der Waals surface area contributed by atoms with Crippen molar-refractivity contribution < 1.29 is 13.6 Å². The van der Waals surface area contributed by atoms with Crippen LogP contribution in [0.25, 0.3) is 0 Å². The second-order valence-corrected chi connectivity index (χ2v) is 6.45. The number of hydrogen-bond donors (Lipinski definition) is 1. The van der Waals surface area contributed by atoms with Gasteiger partial charge in [-0.1, -0.05) is 0 Å². The Bertz CT molecular complexity index is 555. The number of likely N-dealkylation sites (tertiary alicyclic amines) is 1. The molecule has 138 valence electrons. The predicted octanol–water partition coefficient (Wildman–Crippen LogP) is 1.04. The number of piperidine rings is 1. The molecular weight excluding hydrogens is 330 g/mol. The van der Waals surface area contributed by atoms with Crippen LogP contribution in [-0.2, 0) is 0 Å². The predicted molar refractivity (Wildman–Crippen MR) is 89.8 cm³/mol. The first kappa shape index (κ1) is 17.8. The molecule has 0 aromatic carbocycles. The monoisotopic (exact) mass is 354 g/mol. The van der Waals surface area contributed by atoms with E-state index >= 15 is 0 Å². The molecule has 0 aliphatic carbocycles. The summed E-state index contributed by atoms with van der Waals surface area (Å²) in [6.07, 6.45) is 2.98. The van der Waals surface area contributed by atoms with E-state index in [0.29, 0.717) is 6.54 Å². The van der Waals surface area contributed by atoms with Crippen molar-refractivity contribution in [2.45, 2.75) is 18.8 Å².